The van der Waals surface area contributed by atoms with Gasteiger partial charge < -0.3 is 0 Å². The fourth-order valence-corrected chi connectivity index (χ4v) is 3.73. The van der Waals surface area contributed by atoms with Gasteiger partial charge in [0.15, 0.2) is 0 Å². The van der Waals surface area contributed by atoms with E-state index < -0.39 is 0 Å². The summed E-state index contributed by atoms with van der Waals surface area (Å²) in [4.78, 5) is 4.88. The van der Waals surface area contributed by atoms with E-state index in [-0.39, 0.29) is 0 Å². The van der Waals surface area contributed by atoms with Crippen molar-refractivity contribution in [2.24, 2.45) is 0 Å². The number of para-hydroxylation sites is 2. The average molecular weight is 396 g/mol. The van der Waals surface area contributed by atoms with Crippen LogP contribution in [0.2, 0.25) is 5.02 Å². The molecular formula is C25H18ClN3. The first kappa shape index (κ1) is 17.7. The van der Waals surface area contributed by atoms with Crippen molar-refractivity contribution in [1.82, 2.24) is 14.8 Å². The van der Waals surface area contributed by atoms with Crippen LogP contribution in [0.3, 0.4) is 0 Å². The number of benzene rings is 3. The van der Waals surface area contributed by atoms with Gasteiger partial charge in [0, 0.05) is 22.7 Å². The molecule has 140 valence electrons. The average Bonchev–Trinajstić information content (AvgIpc) is 3.20. The fraction of sp³-hybridized carbons (Fsp3) is 0.0400. The Morgan fingerprint density at radius 3 is 2.34 bits per heavy atom. The van der Waals surface area contributed by atoms with E-state index in [1.807, 2.05) is 71.5 Å². The number of hydrogen-bond donors (Lipinski definition) is 0. The summed E-state index contributed by atoms with van der Waals surface area (Å²) in [6.45, 7) is 2.08. The third kappa shape index (κ3) is 3.30. The molecule has 0 aliphatic rings. The number of pyridine rings is 1. The van der Waals surface area contributed by atoms with Crippen molar-refractivity contribution in [3.8, 4) is 28.2 Å². The van der Waals surface area contributed by atoms with Crippen molar-refractivity contribution in [1.29, 1.82) is 0 Å². The Bertz CT molecular complexity index is 1310. The molecule has 2 aromatic heterocycles. The zero-order chi connectivity index (χ0) is 19.8. The topological polar surface area (TPSA) is 30.7 Å². The second kappa shape index (κ2) is 7.19. The van der Waals surface area contributed by atoms with Gasteiger partial charge in [-0.15, -0.1) is 0 Å². The second-order valence-electron chi connectivity index (χ2n) is 7.04. The highest BCUT2D eigenvalue weighted by molar-refractivity contribution is 6.35. The summed E-state index contributed by atoms with van der Waals surface area (Å²) in [7, 11) is 0. The van der Waals surface area contributed by atoms with E-state index in [1.54, 1.807) is 0 Å². The number of hydrogen-bond acceptors (Lipinski definition) is 2. The van der Waals surface area contributed by atoms with Crippen molar-refractivity contribution < 1.29 is 0 Å². The zero-order valence-corrected chi connectivity index (χ0v) is 16.6. The molecule has 2 heterocycles. The zero-order valence-electron chi connectivity index (χ0n) is 15.9. The van der Waals surface area contributed by atoms with Gasteiger partial charge >= 0.3 is 0 Å². The Morgan fingerprint density at radius 1 is 0.828 bits per heavy atom. The number of halogens is 1. The Labute approximate surface area is 174 Å². The van der Waals surface area contributed by atoms with Gasteiger partial charge in [-0.25, -0.2) is 9.67 Å². The fourth-order valence-electron chi connectivity index (χ4n) is 3.47. The predicted molar refractivity (Wildman–Crippen MR) is 119 cm³/mol. The maximum Gasteiger partial charge on any atom is 0.102 e. The molecule has 0 bridgehead atoms. The van der Waals surface area contributed by atoms with Gasteiger partial charge in [0.2, 0.25) is 0 Å². The molecular weight excluding hydrogens is 378 g/mol. The van der Waals surface area contributed by atoms with Crippen LogP contribution in [0.1, 0.15) is 5.56 Å². The maximum atomic E-state index is 6.59. The molecule has 0 spiro atoms. The molecule has 0 amide bonds. The molecule has 0 aliphatic heterocycles. The highest BCUT2D eigenvalue weighted by Crippen LogP contribution is 2.34. The van der Waals surface area contributed by atoms with Crippen LogP contribution in [0, 0.1) is 6.92 Å². The van der Waals surface area contributed by atoms with E-state index in [0.29, 0.717) is 5.02 Å². The first-order chi connectivity index (χ1) is 14.2. The van der Waals surface area contributed by atoms with Crippen molar-refractivity contribution in [3.05, 3.63) is 102 Å². The van der Waals surface area contributed by atoms with Crippen LogP contribution >= 0.6 is 11.6 Å². The smallest absolute Gasteiger partial charge is 0.102 e. The molecule has 5 rings (SSSR count). The molecule has 29 heavy (non-hydrogen) atoms. The molecule has 0 fully saturated rings. The van der Waals surface area contributed by atoms with Crippen LogP contribution in [0.25, 0.3) is 39.1 Å². The summed E-state index contributed by atoms with van der Waals surface area (Å²) in [6.07, 6.45) is 2.03. The number of aryl methyl sites for hydroxylation is 1. The van der Waals surface area contributed by atoms with Crippen LogP contribution in [0.4, 0.5) is 0 Å². The van der Waals surface area contributed by atoms with E-state index in [1.165, 1.54) is 5.56 Å². The van der Waals surface area contributed by atoms with Gasteiger partial charge in [0.1, 0.15) is 5.69 Å². The Hall–Kier alpha value is -3.43. The van der Waals surface area contributed by atoms with Gasteiger partial charge in [-0.05, 0) is 31.2 Å². The molecule has 0 aliphatic carbocycles. The van der Waals surface area contributed by atoms with E-state index in [9.17, 15) is 0 Å². The molecule has 0 atom stereocenters. The van der Waals surface area contributed by atoms with Gasteiger partial charge in [-0.3, -0.25) is 0 Å². The van der Waals surface area contributed by atoms with Crippen molar-refractivity contribution in [3.63, 3.8) is 0 Å². The van der Waals surface area contributed by atoms with Crippen LogP contribution in [-0.4, -0.2) is 14.8 Å². The minimum atomic E-state index is 0.688. The van der Waals surface area contributed by atoms with E-state index in [4.69, 9.17) is 21.7 Å². The minimum absolute atomic E-state index is 0.688. The molecule has 0 N–H and O–H groups in total. The summed E-state index contributed by atoms with van der Waals surface area (Å²) in [5.41, 5.74) is 6.77. The first-order valence-electron chi connectivity index (χ1n) is 9.47. The highest BCUT2D eigenvalue weighted by Gasteiger charge is 2.16. The van der Waals surface area contributed by atoms with Crippen molar-refractivity contribution in [2.45, 2.75) is 6.92 Å². The Morgan fingerprint density at radius 2 is 1.55 bits per heavy atom. The monoisotopic (exact) mass is 395 g/mol. The quantitative estimate of drug-likeness (QED) is 0.339. The Balaban J connectivity index is 1.75. The number of rotatable bonds is 3. The van der Waals surface area contributed by atoms with Crippen LogP contribution in [0.15, 0.2) is 91.1 Å². The van der Waals surface area contributed by atoms with Gasteiger partial charge in [0.05, 0.1) is 21.9 Å². The number of aromatic nitrogens is 3. The lowest BCUT2D eigenvalue weighted by atomic mass is 10.0. The molecule has 5 aromatic rings. The standard InChI is InChI=1S/C25H18ClN3/c1-17-11-13-18(14-12-17)25-21(16-29(28-25)19-7-3-2-4-8-19)24-15-22(26)20-9-5-6-10-23(20)27-24/h2-16H,1H3. The van der Waals surface area contributed by atoms with E-state index in [0.717, 1.165) is 39.1 Å². The van der Waals surface area contributed by atoms with Crippen molar-refractivity contribution in [2.75, 3.05) is 0 Å². The molecule has 3 aromatic carbocycles. The van der Waals surface area contributed by atoms with Crippen LogP contribution < -0.4 is 0 Å². The van der Waals surface area contributed by atoms with Crippen LogP contribution in [-0.2, 0) is 0 Å². The molecule has 3 nitrogen and oxygen atoms in total. The van der Waals surface area contributed by atoms with E-state index in [2.05, 4.69) is 31.2 Å². The minimum Gasteiger partial charge on any atom is -0.248 e. The number of nitrogens with zero attached hydrogens (tertiary/aromatic N) is 3. The largest absolute Gasteiger partial charge is 0.248 e. The summed E-state index contributed by atoms with van der Waals surface area (Å²) < 4.78 is 1.90. The van der Waals surface area contributed by atoms with Gasteiger partial charge in [-0.1, -0.05) is 77.8 Å². The molecule has 0 saturated heterocycles. The lowest BCUT2D eigenvalue weighted by Gasteiger charge is -2.06. The third-order valence-corrected chi connectivity index (χ3v) is 5.31. The molecule has 0 radical (unpaired) electrons. The van der Waals surface area contributed by atoms with Gasteiger partial charge in [0.25, 0.3) is 0 Å². The van der Waals surface area contributed by atoms with Crippen LogP contribution in [0.5, 0.6) is 0 Å². The molecule has 4 heteroatoms. The summed E-state index contributed by atoms with van der Waals surface area (Å²) in [5, 5.41) is 6.54. The third-order valence-electron chi connectivity index (χ3n) is 5.00. The highest BCUT2D eigenvalue weighted by atomic mass is 35.5. The maximum absolute atomic E-state index is 6.59. The predicted octanol–water partition coefficient (Wildman–Crippen LogP) is 6.72. The molecule has 0 unspecified atom stereocenters. The second-order valence-corrected chi connectivity index (χ2v) is 7.45. The Kier molecular flexibility index (Phi) is 4.38. The van der Waals surface area contributed by atoms with Crippen molar-refractivity contribution >= 4 is 22.5 Å². The van der Waals surface area contributed by atoms with E-state index >= 15 is 0 Å². The lowest BCUT2D eigenvalue weighted by molar-refractivity contribution is 0.884. The molecule has 0 saturated carbocycles. The number of fused-ring (bicyclic) bond motifs is 1. The summed E-state index contributed by atoms with van der Waals surface area (Å²) >= 11 is 6.59. The summed E-state index contributed by atoms with van der Waals surface area (Å²) in [6, 6.07) is 28.3. The normalized spacial score (nSPS) is 11.1. The SMILES string of the molecule is Cc1ccc(-c2nn(-c3ccccc3)cc2-c2cc(Cl)c3ccccc3n2)cc1. The van der Waals surface area contributed by atoms with Gasteiger partial charge in [-0.2, -0.15) is 5.10 Å². The first-order valence-corrected chi connectivity index (χ1v) is 9.84. The summed E-state index contributed by atoms with van der Waals surface area (Å²) in [5.74, 6) is 0. The lowest BCUT2D eigenvalue weighted by Crippen LogP contribution is -1.93.